The van der Waals surface area contributed by atoms with Crippen LogP contribution in [0.2, 0.25) is 0 Å². The van der Waals surface area contributed by atoms with E-state index in [0.717, 1.165) is 32.0 Å². The van der Waals surface area contributed by atoms with Gasteiger partial charge in [0.1, 0.15) is 5.82 Å². The highest BCUT2D eigenvalue weighted by atomic mass is 15.3. The summed E-state index contributed by atoms with van der Waals surface area (Å²) in [5.41, 5.74) is 3.58. The Kier molecular flexibility index (Phi) is 5.51. The van der Waals surface area contributed by atoms with Gasteiger partial charge in [-0.15, -0.1) is 0 Å². The fourth-order valence-electron chi connectivity index (χ4n) is 4.90. The van der Waals surface area contributed by atoms with Crippen molar-refractivity contribution in [3.63, 3.8) is 0 Å². The molecule has 0 amide bonds. The summed E-state index contributed by atoms with van der Waals surface area (Å²) < 4.78 is 0. The van der Waals surface area contributed by atoms with Gasteiger partial charge in [-0.2, -0.15) is 0 Å². The van der Waals surface area contributed by atoms with E-state index in [2.05, 4.69) is 118 Å². The van der Waals surface area contributed by atoms with Crippen molar-refractivity contribution in [3.05, 3.63) is 132 Å². The Morgan fingerprint density at radius 1 is 0.516 bits per heavy atom. The quantitative estimate of drug-likeness (QED) is 0.426. The summed E-state index contributed by atoms with van der Waals surface area (Å²) >= 11 is 0. The average Bonchev–Trinajstić information content (AvgIpc) is 2.88. The highest BCUT2D eigenvalue weighted by Gasteiger charge is 2.43. The molecule has 1 aliphatic heterocycles. The molecule has 3 aromatic carbocycles. The second-order valence-electron chi connectivity index (χ2n) is 7.97. The van der Waals surface area contributed by atoms with Crippen LogP contribution in [0, 0.1) is 0 Å². The predicted molar refractivity (Wildman–Crippen MR) is 127 cm³/mol. The van der Waals surface area contributed by atoms with Gasteiger partial charge in [0, 0.05) is 32.4 Å². The van der Waals surface area contributed by atoms with Crippen LogP contribution in [0.4, 0.5) is 5.82 Å². The van der Waals surface area contributed by atoms with Gasteiger partial charge in [-0.05, 0) is 28.8 Å². The van der Waals surface area contributed by atoms with E-state index in [-0.39, 0.29) is 5.54 Å². The van der Waals surface area contributed by atoms with E-state index >= 15 is 0 Å². The van der Waals surface area contributed by atoms with E-state index in [1.807, 2.05) is 12.3 Å². The van der Waals surface area contributed by atoms with Crippen molar-refractivity contribution in [1.29, 1.82) is 0 Å². The second kappa shape index (κ2) is 8.75. The molecule has 0 unspecified atom stereocenters. The van der Waals surface area contributed by atoms with Crippen LogP contribution in [0.3, 0.4) is 0 Å². The zero-order chi connectivity index (χ0) is 20.9. The fourth-order valence-corrected chi connectivity index (χ4v) is 4.90. The van der Waals surface area contributed by atoms with Gasteiger partial charge in [0.2, 0.25) is 0 Å². The smallest absolute Gasteiger partial charge is 0.128 e. The monoisotopic (exact) mass is 405 g/mol. The fraction of sp³-hybridized carbons (Fsp3) is 0.179. The molecule has 0 N–H and O–H groups in total. The Morgan fingerprint density at radius 3 is 1.39 bits per heavy atom. The number of aromatic nitrogens is 1. The Morgan fingerprint density at radius 2 is 0.968 bits per heavy atom. The van der Waals surface area contributed by atoms with Gasteiger partial charge in [-0.3, -0.25) is 4.90 Å². The van der Waals surface area contributed by atoms with Crippen molar-refractivity contribution in [2.75, 3.05) is 31.1 Å². The molecule has 0 bridgehead atoms. The molecule has 3 heteroatoms. The summed E-state index contributed by atoms with van der Waals surface area (Å²) in [4.78, 5) is 9.61. The average molecular weight is 406 g/mol. The van der Waals surface area contributed by atoms with Crippen LogP contribution < -0.4 is 4.90 Å². The van der Waals surface area contributed by atoms with Crippen LogP contribution in [-0.2, 0) is 5.54 Å². The lowest BCUT2D eigenvalue weighted by molar-refractivity contribution is 0.147. The van der Waals surface area contributed by atoms with Gasteiger partial charge in [0.25, 0.3) is 0 Å². The molecule has 0 aliphatic carbocycles. The van der Waals surface area contributed by atoms with Gasteiger partial charge < -0.3 is 4.90 Å². The van der Waals surface area contributed by atoms with Gasteiger partial charge in [-0.1, -0.05) is 97.1 Å². The van der Waals surface area contributed by atoms with Crippen LogP contribution in [0.5, 0.6) is 0 Å². The number of hydrogen-bond acceptors (Lipinski definition) is 3. The molecule has 0 saturated carbocycles. The van der Waals surface area contributed by atoms with E-state index in [4.69, 9.17) is 0 Å². The number of rotatable bonds is 5. The number of hydrogen-bond donors (Lipinski definition) is 0. The third-order valence-corrected chi connectivity index (χ3v) is 6.30. The summed E-state index contributed by atoms with van der Waals surface area (Å²) in [6.45, 7) is 3.81. The van der Waals surface area contributed by atoms with Crippen LogP contribution in [0.1, 0.15) is 16.7 Å². The van der Waals surface area contributed by atoms with Crippen LogP contribution >= 0.6 is 0 Å². The first-order valence-electron chi connectivity index (χ1n) is 11.0. The predicted octanol–water partition coefficient (Wildman–Crippen LogP) is 5.20. The molecule has 154 valence electrons. The lowest BCUT2D eigenvalue weighted by Crippen LogP contribution is -2.56. The number of benzene rings is 3. The van der Waals surface area contributed by atoms with Crippen LogP contribution in [0.15, 0.2) is 115 Å². The van der Waals surface area contributed by atoms with Gasteiger partial charge in [-0.25, -0.2) is 4.98 Å². The zero-order valence-electron chi connectivity index (χ0n) is 17.6. The Balaban J connectivity index is 1.61. The molecule has 1 aliphatic rings. The number of nitrogens with zero attached hydrogens (tertiary/aromatic N) is 3. The molecule has 5 rings (SSSR count). The van der Waals surface area contributed by atoms with Gasteiger partial charge >= 0.3 is 0 Å². The molecule has 1 saturated heterocycles. The number of pyridine rings is 1. The maximum Gasteiger partial charge on any atom is 0.128 e. The molecule has 0 atom stereocenters. The van der Waals surface area contributed by atoms with Crippen molar-refractivity contribution < 1.29 is 0 Å². The molecule has 1 aromatic heterocycles. The van der Waals surface area contributed by atoms with Crippen molar-refractivity contribution in [2.45, 2.75) is 5.54 Å². The van der Waals surface area contributed by atoms with E-state index in [9.17, 15) is 0 Å². The maximum absolute atomic E-state index is 4.57. The highest BCUT2D eigenvalue weighted by Crippen LogP contribution is 2.42. The lowest BCUT2D eigenvalue weighted by Gasteiger charge is -2.49. The zero-order valence-corrected chi connectivity index (χ0v) is 17.6. The lowest BCUT2D eigenvalue weighted by atomic mass is 9.75. The Bertz CT molecular complexity index is 978. The minimum atomic E-state index is -0.333. The summed E-state index contributed by atoms with van der Waals surface area (Å²) in [5.74, 6) is 1.06. The summed E-state index contributed by atoms with van der Waals surface area (Å²) in [7, 11) is 0. The minimum Gasteiger partial charge on any atom is -0.354 e. The first-order valence-corrected chi connectivity index (χ1v) is 11.0. The molecular weight excluding hydrogens is 378 g/mol. The Labute approximate surface area is 184 Å². The van der Waals surface area contributed by atoms with Crippen LogP contribution in [-0.4, -0.2) is 36.1 Å². The van der Waals surface area contributed by atoms with E-state index in [0.29, 0.717) is 0 Å². The molecule has 4 aromatic rings. The first kappa shape index (κ1) is 19.5. The van der Waals surface area contributed by atoms with Crippen molar-refractivity contribution >= 4 is 5.82 Å². The first-order chi connectivity index (χ1) is 15.4. The summed E-state index contributed by atoms with van der Waals surface area (Å²) in [6, 6.07) is 39.0. The molecule has 0 radical (unpaired) electrons. The third-order valence-electron chi connectivity index (χ3n) is 6.30. The van der Waals surface area contributed by atoms with E-state index < -0.39 is 0 Å². The molecule has 2 heterocycles. The normalized spacial score (nSPS) is 15.0. The van der Waals surface area contributed by atoms with Gasteiger partial charge in [0.15, 0.2) is 0 Å². The summed E-state index contributed by atoms with van der Waals surface area (Å²) in [6.07, 6.45) is 1.88. The van der Waals surface area contributed by atoms with E-state index in [1.54, 1.807) is 0 Å². The minimum absolute atomic E-state index is 0.333. The SMILES string of the molecule is c1ccc(C(c2ccccc2)(c2ccccc2)N2CCN(c3ccccn3)CC2)cc1. The van der Waals surface area contributed by atoms with Crippen molar-refractivity contribution in [3.8, 4) is 0 Å². The number of piperazine rings is 1. The molecular formula is C28H27N3. The van der Waals surface area contributed by atoms with Crippen molar-refractivity contribution in [1.82, 2.24) is 9.88 Å². The topological polar surface area (TPSA) is 19.4 Å². The van der Waals surface area contributed by atoms with Crippen LogP contribution in [0.25, 0.3) is 0 Å². The van der Waals surface area contributed by atoms with E-state index in [1.165, 1.54) is 16.7 Å². The summed E-state index contributed by atoms with van der Waals surface area (Å²) in [5, 5.41) is 0. The third kappa shape index (κ3) is 3.62. The second-order valence-corrected chi connectivity index (χ2v) is 7.97. The molecule has 3 nitrogen and oxygen atoms in total. The van der Waals surface area contributed by atoms with Crippen molar-refractivity contribution in [2.24, 2.45) is 0 Å². The largest absolute Gasteiger partial charge is 0.354 e. The Hall–Kier alpha value is -3.43. The molecule has 31 heavy (non-hydrogen) atoms. The molecule has 1 fully saturated rings. The standard InChI is InChI=1S/C28H27N3/c1-4-12-24(13-5-1)28(25-14-6-2-7-15-25,26-16-8-3-9-17-26)31-22-20-30(21-23-31)27-18-10-11-19-29-27/h1-19H,20-23H2. The molecule has 0 spiro atoms. The highest BCUT2D eigenvalue weighted by molar-refractivity contribution is 5.50. The van der Waals surface area contributed by atoms with Gasteiger partial charge in [0.05, 0.1) is 5.54 Å². The maximum atomic E-state index is 4.57. The number of anilines is 1.